The van der Waals surface area contributed by atoms with E-state index in [0.29, 0.717) is 22.4 Å². The first-order valence-corrected chi connectivity index (χ1v) is 14.0. The molecule has 0 aromatic rings. The van der Waals surface area contributed by atoms with Crippen LogP contribution < -0.4 is 0 Å². The van der Waals surface area contributed by atoms with Crippen molar-refractivity contribution >= 4 is 11.6 Å². The topological polar surface area (TPSA) is 34.1 Å². The van der Waals surface area contributed by atoms with E-state index in [0.717, 1.165) is 66.8 Å². The van der Waals surface area contributed by atoms with Gasteiger partial charge in [-0.2, -0.15) is 0 Å². The van der Waals surface area contributed by atoms with E-state index in [1.165, 1.54) is 25.7 Å². The Hall–Kier alpha value is -1.18. The molecule has 2 heteroatoms. The van der Waals surface area contributed by atoms with Gasteiger partial charge in [-0.05, 0) is 107 Å². The summed E-state index contributed by atoms with van der Waals surface area (Å²) in [6.07, 6.45) is 15.1. The molecule has 0 amide bonds. The minimum absolute atomic E-state index is 0. The maximum Gasteiger partial charge on any atom is 0.159 e. The average molecular weight is 466 g/mol. The quantitative estimate of drug-likeness (QED) is 0.421. The third-order valence-corrected chi connectivity index (χ3v) is 12.6. The summed E-state index contributed by atoms with van der Waals surface area (Å²) in [7, 11) is 0. The summed E-state index contributed by atoms with van der Waals surface area (Å²) in [6, 6.07) is 0. The van der Waals surface area contributed by atoms with Crippen LogP contribution in [0.25, 0.3) is 0 Å². The molecule has 5 fully saturated rings. The Morgan fingerprint density at radius 1 is 1.06 bits per heavy atom. The van der Waals surface area contributed by atoms with Crippen molar-refractivity contribution in [1.82, 2.24) is 0 Å². The van der Waals surface area contributed by atoms with E-state index >= 15 is 0 Å². The number of rotatable bonds is 4. The molecule has 2 nitrogen and oxygen atoms in total. The molecule has 0 heterocycles. The van der Waals surface area contributed by atoms with Crippen molar-refractivity contribution < 1.29 is 11.0 Å². The van der Waals surface area contributed by atoms with Gasteiger partial charge in [-0.3, -0.25) is 9.59 Å². The summed E-state index contributed by atoms with van der Waals surface area (Å²) >= 11 is 0. The number of allylic oxidation sites excluding steroid dienone is 3. The van der Waals surface area contributed by atoms with Crippen molar-refractivity contribution in [2.45, 2.75) is 100 Å². The van der Waals surface area contributed by atoms with Gasteiger partial charge in [0, 0.05) is 20.7 Å². The van der Waals surface area contributed by atoms with Gasteiger partial charge in [0.25, 0.3) is 0 Å². The van der Waals surface area contributed by atoms with Crippen molar-refractivity contribution in [3.05, 3.63) is 29.7 Å². The lowest BCUT2D eigenvalue weighted by molar-refractivity contribution is -0.124. The van der Waals surface area contributed by atoms with Crippen LogP contribution in [0.2, 0.25) is 0 Å². The number of ketones is 2. The highest BCUT2D eigenvalue weighted by atomic mass is 16.1. The maximum atomic E-state index is 12.5. The number of carbonyl (C=O) groups is 2. The van der Waals surface area contributed by atoms with Crippen LogP contribution in [0.3, 0.4) is 0 Å². The third-order valence-electron chi connectivity index (χ3n) is 12.6. The van der Waals surface area contributed by atoms with Crippen LogP contribution in [0.1, 0.15) is 102 Å². The number of hydrogen-bond donors (Lipinski definition) is 0. The van der Waals surface area contributed by atoms with Gasteiger partial charge < -0.3 is 0 Å². The van der Waals surface area contributed by atoms with E-state index in [2.05, 4.69) is 33.8 Å². The molecule has 7 aliphatic rings. The zero-order chi connectivity index (χ0) is 23.6. The highest BCUT2D eigenvalue weighted by molar-refractivity contribution is 6.02. The van der Waals surface area contributed by atoms with Crippen LogP contribution in [0.15, 0.2) is 23.3 Å². The highest BCUT2D eigenvalue weighted by Gasteiger charge is 2.79. The van der Waals surface area contributed by atoms with Gasteiger partial charge in [-0.1, -0.05) is 60.6 Å². The predicted octanol–water partition coefficient (Wildman–Crippen LogP) is 8.03. The smallest absolute Gasteiger partial charge is 0.159 e. The van der Waals surface area contributed by atoms with Crippen LogP contribution in [0.5, 0.6) is 0 Å². The molecule has 5 unspecified atom stereocenters. The molecule has 7 rings (SSSR count). The summed E-state index contributed by atoms with van der Waals surface area (Å²) < 4.78 is 0. The van der Waals surface area contributed by atoms with Crippen molar-refractivity contribution in [2.75, 3.05) is 0 Å². The largest absolute Gasteiger partial charge is 0.295 e. The second-order valence-electron chi connectivity index (χ2n) is 13.5. The average Bonchev–Trinajstić information content (AvgIpc) is 3.66. The Bertz CT molecular complexity index is 994. The van der Waals surface area contributed by atoms with Crippen molar-refractivity contribution in [1.29, 1.82) is 0 Å². The van der Waals surface area contributed by atoms with E-state index in [-0.39, 0.29) is 19.7 Å². The normalized spacial score (nSPS) is 52.6. The van der Waals surface area contributed by atoms with Gasteiger partial charge in [0.05, 0.1) is 0 Å². The molecule has 7 aliphatic carbocycles. The fraction of sp³-hybridized carbons (Fsp3) is 0.781. The number of fused-ring (bicyclic) bond motifs is 10. The van der Waals surface area contributed by atoms with Crippen LogP contribution in [-0.4, -0.2) is 11.6 Å². The van der Waals surface area contributed by atoms with Crippen molar-refractivity contribution in [3.8, 4) is 0 Å². The fourth-order valence-corrected chi connectivity index (χ4v) is 10.6. The van der Waals surface area contributed by atoms with Gasteiger partial charge >= 0.3 is 0 Å². The molecule has 10 atom stereocenters. The maximum absolute atomic E-state index is 12.5. The number of carbonyl (C=O) groups excluding carboxylic acids is 2. The Labute approximate surface area is 209 Å². The molecule has 0 N–H and O–H groups in total. The molecule has 0 saturated heterocycles. The Kier molecular flexibility index (Phi) is 5.35. The SMILES string of the molecule is C.CC.CC12CC1[C@@H]1C(CC[C@@]3(C)C1C1C[C@@H]1[C@@]3(C)CCC(=O)C1=C[CH]1)[C@@]1(C)CCC(=O)C=C21.[HH]. The van der Waals surface area contributed by atoms with E-state index in [1.54, 1.807) is 5.57 Å². The second-order valence-corrected chi connectivity index (χ2v) is 13.5. The van der Waals surface area contributed by atoms with Crippen LogP contribution in [0, 0.1) is 63.6 Å². The molecule has 0 aromatic heterocycles. The summed E-state index contributed by atoms with van der Waals surface area (Å²) in [6.45, 7) is 14.2. The van der Waals surface area contributed by atoms with E-state index in [1.807, 2.05) is 26.3 Å². The summed E-state index contributed by atoms with van der Waals surface area (Å²) in [4.78, 5) is 24.9. The molecule has 1 radical (unpaired) electrons. The minimum Gasteiger partial charge on any atom is -0.295 e. The molecule has 5 saturated carbocycles. The van der Waals surface area contributed by atoms with Gasteiger partial charge in [0.2, 0.25) is 0 Å². The van der Waals surface area contributed by atoms with E-state index < -0.39 is 0 Å². The third kappa shape index (κ3) is 2.86. The molecule has 0 aliphatic heterocycles. The van der Waals surface area contributed by atoms with Crippen LogP contribution in [-0.2, 0) is 9.59 Å². The standard InChI is InChI=1S/C29H37O2.C2H6.CH4.H2/c1-26-10-7-17(30)13-23(26)27(2)15-21(27)24-19(26)8-11-29(4)25(24)18-14-20(18)28(29,3)12-9-22(31)16-5-6-16;1-2;;/h5-6,13,18-21,24-25H,7-12,14-15H2,1-4H3;1-2H3;1H4;1H/t18?,19?,20-,21?,24-,25?,26+,27?,28+,29-;;;/m0.../s1. The fourth-order valence-electron chi connectivity index (χ4n) is 10.6. The Morgan fingerprint density at radius 3 is 2.44 bits per heavy atom. The van der Waals surface area contributed by atoms with Gasteiger partial charge in [0.1, 0.15) is 0 Å². The Balaban J connectivity index is 0.000000705. The number of hydrogen-bond acceptors (Lipinski definition) is 2. The molecule has 34 heavy (non-hydrogen) atoms. The minimum atomic E-state index is 0. The lowest BCUT2D eigenvalue weighted by Gasteiger charge is -2.62. The van der Waals surface area contributed by atoms with E-state index in [9.17, 15) is 9.59 Å². The monoisotopic (exact) mass is 465 g/mol. The van der Waals surface area contributed by atoms with Crippen molar-refractivity contribution in [3.63, 3.8) is 0 Å². The van der Waals surface area contributed by atoms with Gasteiger partial charge in [0.15, 0.2) is 11.6 Å². The van der Waals surface area contributed by atoms with Gasteiger partial charge in [-0.15, -0.1) is 0 Å². The van der Waals surface area contributed by atoms with E-state index in [4.69, 9.17) is 0 Å². The first-order chi connectivity index (χ1) is 15.6. The lowest BCUT2D eigenvalue weighted by atomic mass is 9.42. The summed E-state index contributed by atoms with van der Waals surface area (Å²) in [5.41, 5.74) is 3.75. The number of Topliss-reactive ketones (excluding diaryl/α,β-unsaturated/α-hetero) is 1. The molecule has 189 valence electrons. The highest BCUT2D eigenvalue weighted by Crippen LogP contribution is 2.85. The van der Waals surface area contributed by atoms with Crippen LogP contribution >= 0.6 is 0 Å². The first-order valence-electron chi connectivity index (χ1n) is 14.0. The zero-order valence-corrected chi connectivity index (χ0v) is 21.7. The van der Waals surface area contributed by atoms with Crippen molar-refractivity contribution in [2.24, 2.45) is 57.2 Å². The zero-order valence-electron chi connectivity index (χ0n) is 21.7. The summed E-state index contributed by atoms with van der Waals surface area (Å²) in [5.74, 6) is 5.73. The Morgan fingerprint density at radius 2 is 1.76 bits per heavy atom. The molecule has 0 aromatic carbocycles. The molecular weight excluding hydrogens is 416 g/mol. The predicted molar refractivity (Wildman–Crippen MR) is 141 cm³/mol. The lowest BCUT2D eigenvalue weighted by Crippen LogP contribution is -2.55. The molecule has 0 bridgehead atoms. The van der Waals surface area contributed by atoms with Crippen LogP contribution in [0.4, 0.5) is 0 Å². The first kappa shape index (κ1) is 24.5. The second kappa shape index (κ2) is 7.42. The summed E-state index contributed by atoms with van der Waals surface area (Å²) in [5, 5.41) is 0. The van der Waals surface area contributed by atoms with Gasteiger partial charge in [-0.25, -0.2) is 0 Å². The molecular formula is C32H49O2. The molecule has 0 spiro atoms.